The number of para-hydroxylation sites is 1. The molecular weight excluding hydrogens is 795 g/mol. The number of aromatic nitrogens is 5. The molecule has 0 aliphatic carbocycles. The Morgan fingerprint density at radius 1 is 0.246 bits per heavy atom. The van der Waals surface area contributed by atoms with Gasteiger partial charge in [0.25, 0.3) is 0 Å². The lowest BCUT2D eigenvalue weighted by Crippen LogP contribution is -2.00. The van der Waals surface area contributed by atoms with Gasteiger partial charge in [0.2, 0.25) is 0 Å². The monoisotopic (exact) mass is 831 g/mol. The summed E-state index contributed by atoms with van der Waals surface area (Å²) in [5.41, 5.74) is 13.4. The largest absolute Gasteiger partial charge is 0.456 e. The van der Waals surface area contributed by atoms with Gasteiger partial charge >= 0.3 is 0 Å². The molecule has 0 atom stereocenters. The Balaban J connectivity index is 0.962. The van der Waals surface area contributed by atoms with Crippen LogP contribution in [0.3, 0.4) is 0 Å². The minimum Gasteiger partial charge on any atom is -0.456 e. The van der Waals surface area contributed by atoms with Crippen LogP contribution in [-0.4, -0.2) is 24.9 Å². The average molecular weight is 832 g/mol. The molecule has 0 aliphatic rings. The summed E-state index contributed by atoms with van der Waals surface area (Å²) >= 11 is 0. The molecule has 6 heteroatoms. The van der Waals surface area contributed by atoms with Crippen LogP contribution < -0.4 is 0 Å². The molecule has 0 fully saturated rings. The van der Waals surface area contributed by atoms with E-state index in [0.29, 0.717) is 23.3 Å². The van der Waals surface area contributed by atoms with E-state index in [2.05, 4.69) is 133 Å². The number of hydrogen-bond donors (Lipinski definition) is 0. The van der Waals surface area contributed by atoms with E-state index in [1.807, 2.05) is 91.0 Å². The van der Waals surface area contributed by atoms with Crippen LogP contribution in [0.1, 0.15) is 0 Å². The Kier molecular flexibility index (Phi) is 9.38. The third kappa shape index (κ3) is 7.19. The van der Waals surface area contributed by atoms with Crippen LogP contribution in [0.2, 0.25) is 0 Å². The standard InChI is InChI=1S/C59H37N5O/c1-4-16-41(17-5-1)52-37-53(47-25-14-22-38-15-10-11-23-46(38)47)61-56(60-52)44-31-29-40(30-32-44)50-36-55-51(48-24-12-13-26-54(48)65-55)35-49(50)39-27-33-45(34-28-39)59-63-57(42-18-6-2-7-19-42)62-58(64-59)43-20-8-3-9-21-43/h1-37H. The fourth-order valence-electron chi connectivity index (χ4n) is 8.70. The van der Waals surface area contributed by atoms with Crippen molar-refractivity contribution in [3.05, 3.63) is 224 Å². The van der Waals surface area contributed by atoms with Crippen molar-refractivity contribution in [1.82, 2.24) is 24.9 Å². The number of hydrogen-bond acceptors (Lipinski definition) is 6. The summed E-state index contributed by atoms with van der Waals surface area (Å²) in [5.74, 6) is 2.53. The van der Waals surface area contributed by atoms with E-state index in [1.165, 1.54) is 5.39 Å². The molecule has 12 rings (SSSR count). The van der Waals surface area contributed by atoms with E-state index in [-0.39, 0.29) is 0 Å². The molecule has 0 amide bonds. The van der Waals surface area contributed by atoms with Crippen LogP contribution in [0, 0.1) is 0 Å². The van der Waals surface area contributed by atoms with E-state index in [1.54, 1.807) is 0 Å². The van der Waals surface area contributed by atoms with Crippen molar-refractivity contribution >= 4 is 32.7 Å². The molecule has 3 aromatic heterocycles. The Morgan fingerprint density at radius 2 is 0.692 bits per heavy atom. The smallest absolute Gasteiger partial charge is 0.164 e. The van der Waals surface area contributed by atoms with Gasteiger partial charge in [-0.1, -0.05) is 200 Å². The summed E-state index contributed by atoms with van der Waals surface area (Å²) in [6.45, 7) is 0. The van der Waals surface area contributed by atoms with Gasteiger partial charge < -0.3 is 4.42 Å². The van der Waals surface area contributed by atoms with Crippen LogP contribution in [0.15, 0.2) is 229 Å². The minimum absolute atomic E-state index is 0.610. The highest BCUT2D eigenvalue weighted by atomic mass is 16.3. The second-order valence-corrected chi connectivity index (χ2v) is 16.0. The summed E-state index contributed by atoms with van der Waals surface area (Å²) in [6.07, 6.45) is 0. The highest BCUT2D eigenvalue weighted by Gasteiger charge is 2.18. The van der Waals surface area contributed by atoms with Crippen molar-refractivity contribution < 1.29 is 4.42 Å². The zero-order valence-corrected chi connectivity index (χ0v) is 35.0. The van der Waals surface area contributed by atoms with Crippen molar-refractivity contribution in [2.24, 2.45) is 0 Å². The zero-order valence-electron chi connectivity index (χ0n) is 35.0. The molecule has 0 aliphatic heterocycles. The first kappa shape index (κ1) is 37.9. The fraction of sp³-hybridized carbons (Fsp3) is 0. The third-order valence-electron chi connectivity index (χ3n) is 12.0. The number of benzene rings is 9. The molecule has 0 bridgehead atoms. The van der Waals surface area contributed by atoms with Crippen molar-refractivity contribution in [2.75, 3.05) is 0 Å². The summed E-state index contributed by atoms with van der Waals surface area (Å²) in [6, 6.07) is 77.1. The van der Waals surface area contributed by atoms with E-state index in [0.717, 1.165) is 94.3 Å². The van der Waals surface area contributed by atoms with Crippen molar-refractivity contribution in [1.29, 1.82) is 0 Å². The third-order valence-corrected chi connectivity index (χ3v) is 12.0. The van der Waals surface area contributed by atoms with E-state index in [4.69, 9.17) is 29.3 Å². The number of rotatable bonds is 8. The van der Waals surface area contributed by atoms with Gasteiger partial charge in [0, 0.05) is 44.2 Å². The van der Waals surface area contributed by atoms with Crippen LogP contribution in [0.4, 0.5) is 0 Å². The van der Waals surface area contributed by atoms with E-state index in [9.17, 15) is 0 Å². The molecule has 65 heavy (non-hydrogen) atoms. The highest BCUT2D eigenvalue weighted by molar-refractivity contribution is 6.09. The van der Waals surface area contributed by atoms with Crippen LogP contribution >= 0.6 is 0 Å². The Labute approximate surface area is 375 Å². The quantitative estimate of drug-likeness (QED) is 0.152. The minimum atomic E-state index is 0.610. The van der Waals surface area contributed by atoms with Gasteiger partial charge in [0.05, 0.1) is 11.4 Å². The maximum Gasteiger partial charge on any atom is 0.164 e. The Morgan fingerprint density at radius 3 is 1.31 bits per heavy atom. The molecule has 0 spiro atoms. The molecule has 0 radical (unpaired) electrons. The highest BCUT2D eigenvalue weighted by Crippen LogP contribution is 2.41. The SMILES string of the molecule is c1ccc(-c2cc(-c3cccc4ccccc34)nc(-c3ccc(-c4cc5oc6ccccc6c5cc4-c4ccc(-c5nc(-c6ccccc6)nc(-c6ccccc6)n5)cc4)cc3)n2)cc1. The Bertz CT molecular complexity index is 3620. The van der Waals surface area contributed by atoms with Crippen molar-refractivity contribution in [3.63, 3.8) is 0 Å². The summed E-state index contributed by atoms with van der Waals surface area (Å²) in [7, 11) is 0. The lowest BCUT2D eigenvalue weighted by atomic mass is 9.91. The van der Waals surface area contributed by atoms with Gasteiger partial charge in [-0.05, 0) is 57.3 Å². The van der Waals surface area contributed by atoms with Crippen LogP contribution in [0.5, 0.6) is 0 Å². The molecule has 9 aromatic carbocycles. The predicted molar refractivity (Wildman–Crippen MR) is 264 cm³/mol. The second kappa shape index (κ2) is 16.1. The maximum atomic E-state index is 6.47. The Hall–Kier alpha value is -8.87. The maximum absolute atomic E-state index is 6.47. The molecule has 6 nitrogen and oxygen atoms in total. The number of fused-ring (bicyclic) bond motifs is 4. The molecule has 0 saturated heterocycles. The first-order chi connectivity index (χ1) is 32.2. The molecule has 304 valence electrons. The van der Waals surface area contributed by atoms with Crippen molar-refractivity contribution in [3.8, 4) is 90.3 Å². The zero-order chi connectivity index (χ0) is 43.1. The van der Waals surface area contributed by atoms with Gasteiger partial charge in [0.15, 0.2) is 23.3 Å². The van der Waals surface area contributed by atoms with Crippen LogP contribution in [0.25, 0.3) is 123 Å². The molecule has 12 aromatic rings. The first-order valence-corrected chi connectivity index (χ1v) is 21.6. The lowest BCUT2D eigenvalue weighted by molar-refractivity contribution is 0.669. The number of furan rings is 1. The fourth-order valence-corrected chi connectivity index (χ4v) is 8.70. The number of nitrogens with zero attached hydrogens (tertiary/aromatic N) is 5. The molecule has 0 saturated carbocycles. The molecule has 0 N–H and O–H groups in total. The summed E-state index contributed by atoms with van der Waals surface area (Å²) in [4.78, 5) is 25.2. The second-order valence-electron chi connectivity index (χ2n) is 16.0. The molecule has 0 unspecified atom stereocenters. The summed E-state index contributed by atoms with van der Waals surface area (Å²) in [5, 5.41) is 4.46. The van der Waals surface area contributed by atoms with E-state index < -0.39 is 0 Å². The van der Waals surface area contributed by atoms with Crippen LogP contribution in [-0.2, 0) is 0 Å². The van der Waals surface area contributed by atoms with Gasteiger partial charge in [-0.3, -0.25) is 0 Å². The van der Waals surface area contributed by atoms with Gasteiger partial charge in [0.1, 0.15) is 11.2 Å². The molecular formula is C59H37N5O. The van der Waals surface area contributed by atoms with Crippen molar-refractivity contribution in [2.45, 2.75) is 0 Å². The van der Waals surface area contributed by atoms with Gasteiger partial charge in [-0.2, -0.15) is 0 Å². The normalized spacial score (nSPS) is 11.4. The van der Waals surface area contributed by atoms with Gasteiger partial charge in [-0.25, -0.2) is 24.9 Å². The van der Waals surface area contributed by atoms with Gasteiger partial charge in [-0.15, -0.1) is 0 Å². The average Bonchev–Trinajstić information content (AvgIpc) is 3.76. The first-order valence-electron chi connectivity index (χ1n) is 21.6. The predicted octanol–water partition coefficient (Wildman–Crippen LogP) is 15.1. The summed E-state index contributed by atoms with van der Waals surface area (Å²) < 4.78 is 6.47. The topological polar surface area (TPSA) is 77.6 Å². The van der Waals surface area contributed by atoms with E-state index >= 15 is 0 Å². The lowest BCUT2D eigenvalue weighted by Gasteiger charge is -2.14. The molecule has 3 heterocycles.